The Balaban J connectivity index is 1.87. The SMILES string of the molecule is CN(CCN1CCCC1)CC(=O)c1c(F)cccc1F. The van der Waals surface area contributed by atoms with E-state index in [1.54, 1.807) is 7.05 Å². The summed E-state index contributed by atoms with van der Waals surface area (Å²) in [7, 11) is 1.80. The predicted octanol–water partition coefficient (Wildman–Crippen LogP) is 2.18. The van der Waals surface area contributed by atoms with Crippen molar-refractivity contribution in [2.45, 2.75) is 12.8 Å². The van der Waals surface area contributed by atoms with Gasteiger partial charge in [-0.15, -0.1) is 0 Å². The van der Waals surface area contributed by atoms with Gasteiger partial charge in [-0.2, -0.15) is 0 Å². The zero-order chi connectivity index (χ0) is 14.5. The molecule has 1 aliphatic rings. The van der Waals surface area contributed by atoms with E-state index in [-0.39, 0.29) is 6.54 Å². The lowest BCUT2D eigenvalue weighted by Gasteiger charge is -2.20. The van der Waals surface area contributed by atoms with Crippen LogP contribution in [0.2, 0.25) is 0 Å². The lowest BCUT2D eigenvalue weighted by Crippen LogP contribution is -2.34. The van der Waals surface area contributed by atoms with Crippen LogP contribution in [0, 0.1) is 11.6 Å². The monoisotopic (exact) mass is 282 g/mol. The Morgan fingerprint density at radius 1 is 1.25 bits per heavy atom. The summed E-state index contributed by atoms with van der Waals surface area (Å²) >= 11 is 0. The van der Waals surface area contributed by atoms with Gasteiger partial charge in [0.1, 0.15) is 11.6 Å². The van der Waals surface area contributed by atoms with Crippen molar-refractivity contribution in [2.75, 3.05) is 39.8 Å². The van der Waals surface area contributed by atoms with E-state index in [0.29, 0.717) is 0 Å². The topological polar surface area (TPSA) is 23.6 Å². The van der Waals surface area contributed by atoms with Crippen LogP contribution in [0.1, 0.15) is 23.2 Å². The molecule has 0 atom stereocenters. The average molecular weight is 282 g/mol. The molecule has 0 amide bonds. The van der Waals surface area contributed by atoms with Crippen molar-refractivity contribution in [2.24, 2.45) is 0 Å². The number of hydrogen-bond acceptors (Lipinski definition) is 3. The number of carbonyl (C=O) groups is 1. The van der Waals surface area contributed by atoms with Gasteiger partial charge < -0.3 is 4.90 Å². The van der Waals surface area contributed by atoms with Gasteiger partial charge in [-0.25, -0.2) is 8.78 Å². The van der Waals surface area contributed by atoms with Crippen molar-refractivity contribution in [3.05, 3.63) is 35.4 Å². The molecule has 0 saturated carbocycles. The molecule has 110 valence electrons. The van der Waals surface area contributed by atoms with E-state index in [1.165, 1.54) is 18.9 Å². The van der Waals surface area contributed by atoms with Crippen LogP contribution >= 0.6 is 0 Å². The number of carbonyl (C=O) groups excluding carboxylic acids is 1. The van der Waals surface area contributed by atoms with E-state index in [2.05, 4.69) is 4.90 Å². The largest absolute Gasteiger partial charge is 0.302 e. The second kappa shape index (κ2) is 6.90. The van der Waals surface area contributed by atoms with E-state index >= 15 is 0 Å². The van der Waals surface area contributed by atoms with Crippen LogP contribution in [-0.4, -0.2) is 55.4 Å². The highest BCUT2D eigenvalue weighted by Crippen LogP contribution is 2.13. The van der Waals surface area contributed by atoms with E-state index in [1.807, 2.05) is 4.90 Å². The van der Waals surface area contributed by atoms with E-state index in [4.69, 9.17) is 0 Å². The lowest BCUT2D eigenvalue weighted by molar-refractivity contribution is 0.0933. The third kappa shape index (κ3) is 3.84. The molecule has 2 rings (SSSR count). The summed E-state index contributed by atoms with van der Waals surface area (Å²) in [6.07, 6.45) is 2.45. The first kappa shape index (κ1) is 15.1. The maximum atomic E-state index is 13.5. The molecule has 1 fully saturated rings. The number of Topliss-reactive ketones (excluding diaryl/α,β-unsaturated/α-hetero) is 1. The fraction of sp³-hybridized carbons (Fsp3) is 0.533. The van der Waals surface area contributed by atoms with Crippen LogP contribution in [0.5, 0.6) is 0 Å². The second-order valence-electron chi connectivity index (χ2n) is 5.31. The minimum absolute atomic E-state index is 0.0334. The number of rotatable bonds is 6. The van der Waals surface area contributed by atoms with Crippen molar-refractivity contribution >= 4 is 5.78 Å². The Bertz CT molecular complexity index is 453. The zero-order valence-corrected chi connectivity index (χ0v) is 11.7. The Hall–Kier alpha value is -1.33. The van der Waals surface area contributed by atoms with Crippen LogP contribution < -0.4 is 0 Å². The van der Waals surface area contributed by atoms with Crippen LogP contribution in [-0.2, 0) is 0 Å². The molecule has 1 heterocycles. The number of benzene rings is 1. The molecule has 0 aliphatic carbocycles. The highest BCUT2D eigenvalue weighted by molar-refractivity contribution is 5.98. The molecule has 20 heavy (non-hydrogen) atoms. The molecular weight excluding hydrogens is 262 g/mol. The Labute approximate surface area is 118 Å². The molecule has 0 bridgehead atoms. The Morgan fingerprint density at radius 3 is 2.45 bits per heavy atom. The number of nitrogens with zero attached hydrogens (tertiary/aromatic N) is 2. The van der Waals surface area contributed by atoms with Gasteiger partial charge in [-0.05, 0) is 45.1 Å². The van der Waals surface area contributed by atoms with E-state index in [9.17, 15) is 13.6 Å². The van der Waals surface area contributed by atoms with E-state index < -0.39 is 23.0 Å². The third-order valence-corrected chi connectivity index (χ3v) is 3.65. The summed E-state index contributed by atoms with van der Waals surface area (Å²) in [6, 6.07) is 3.49. The van der Waals surface area contributed by atoms with Crippen molar-refractivity contribution in [1.29, 1.82) is 0 Å². The van der Waals surface area contributed by atoms with Gasteiger partial charge in [0.25, 0.3) is 0 Å². The first-order valence-electron chi connectivity index (χ1n) is 6.96. The molecule has 1 aliphatic heterocycles. The highest BCUT2D eigenvalue weighted by atomic mass is 19.1. The van der Waals surface area contributed by atoms with Gasteiger partial charge >= 0.3 is 0 Å². The fourth-order valence-electron chi connectivity index (χ4n) is 2.49. The Morgan fingerprint density at radius 2 is 1.85 bits per heavy atom. The van der Waals surface area contributed by atoms with Crippen LogP contribution in [0.15, 0.2) is 18.2 Å². The molecule has 1 saturated heterocycles. The first-order valence-corrected chi connectivity index (χ1v) is 6.96. The van der Waals surface area contributed by atoms with Gasteiger partial charge in [-0.3, -0.25) is 9.69 Å². The summed E-state index contributed by atoms with van der Waals surface area (Å²) in [6.45, 7) is 3.85. The van der Waals surface area contributed by atoms with Crippen molar-refractivity contribution < 1.29 is 13.6 Å². The molecule has 0 radical (unpaired) electrons. The van der Waals surface area contributed by atoms with Crippen LogP contribution in [0.4, 0.5) is 8.78 Å². The minimum Gasteiger partial charge on any atom is -0.302 e. The number of likely N-dealkylation sites (N-methyl/N-ethyl adjacent to an activating group) is 1. The summed E-state index contributed by atoms with van der Waals surface area (Å²) in [5, 5.41) is 0. The number of hydrogen-bond donors (Lipinski definition) is 0. The van der Waals surface area contributed by atoms with E-state index in [0.717, 1.165) is 38.3 Å². The maximum absolute atomic E-state index is 13.5. The quantitative estimate of drug-likeness (QED) is 0.747. The highest BCUT2D eigenvalue weighted by Gasteiger charge is 2.19. The Kier molecular flexibility index (Phi) is 5.20. The standard InChI is InChI=1S/C15H20F2N2O/c1-18(9-10-19-7-2-3-8-19)11-14(20)15-12(16)5-4-6-13(15)17/h4-6H,2-3,7-11H2,1H3. The molecule has 1 aromatic carbocycles. The summed E-state index contributed by atoms with van der Waals surface area (Å²) in [5.41, 5.74) is -0.430. The van der Waals surface area contributed by atoms with Gasteiger partial charge in [0, 0.05) is 13.1 Å². The van der Waals surface area contributed by atoms with Crippen LogP contribution in [0.3, 0.4) is 0 Å². The fourth-order valence-corrected chi connectivity index (χ4v) is 2.49. The zero-order valence-electron chi connectivity index (χ0n) is 11.7. The third-order valence-electron chi connectivity index (χ3n) is 3.65. The van der Waals surface area contributed by atoms with Gasteiger partial charge in [-0.1, -0.05) is 6.07 Å². The molecular formula is C15H20F2N2O. The summed E-state index contributed by atoms with van der Waals surface area (Å²) in [4.78, 5) is 16.1. The van der Waals surface area contributed by atoms with Crippen molar-refractivity contribution in [3.8, 4) is 0 Å². The average Bonchev–Trinajstić information content (AvgIpc) is 2.89. The number of ketones is 1. The molecule has 5 heteroatoms. The smallest absolute Gasteiger partial charge is 0.182 e. The first-order chi connectivity index (χ1) is 9.58. The van der Waals surface area contributed by atoms with Crippen molar-refractivity contribution in [1.82, 2.24) is 9.80 Å². The second-order valence-corrected chi connectivity index (χ2v) is 5.31. The summed E-state index contributed by atoms with van der Waals surface area (Å²) in [5.74, 6) is -2.09. The molecule has 0 unspecified atom stereocenters. The van der Waals surface area contributed by atoms with Crippen molar-refractivity contribution in [3.63, 3.8) is 0 Å². The molecule has 0 aromatic heterocycles. The maximum Gasteiger partial charge on any atom is 0.182 e. The van der Waals surface area contributed by atoms with Gasteiger partial charge in [0.2, 0.25) is 0 Å². The molecule has 3 nitrogen and oxygen atoms in total. The van der Waals surface area contributed by atoms with Crippen LogP contribution in [0.25, 0.3) is 0 Å². The lowest BCUT2D eigenvalue weighted by atomic mass is 10.1. The number of halogens is 2. The normalized spacial score (nSPS) is 16.0. The van der Waals surface area contributed by atoms with Gasteiger partial charge in [0.05, 0.1) is 12.1 Å². The predicted molar refractivity (Wildman–Crippen MR) is 73.9 cm³/mol. The van der Waals surface area contributed by atoms with Gasteiger partial charge in [0.15, 0.2) is 5.78 Å². The molecule has 0 N–H and O–H groups in total. The minimum atomic E-state index is -0.789. The summed E-state index contributed by atoms with van der Waals surface area (Å²) < 4.78 is 27.0. The molecule has 0 spiro atoms. The molecule has 1 aromatic rings. The number of likely N-dealkylation sites (tertiary alicyclic amines) is 1.